The molecule has 6 heteroatoms. The van der Waals surface area contributed by atoms with Crippen molar-refractivity contribution in [2.45, 2.75) is 70.7 Å². The molecule has 21 heavy (non-hydrogen) atoms. The van der Waals surface area contributed by atoms with Crippen molar-refractivity contribution >= 4 is 12.0 Å². The highest BCUT2D eigenvalue weighted by molar-refractivity contribution is 5.81. The first kappa shape index (κ1) is 16.1. The zero-order valence-corrected chi connectivity index (χ0v) is 13.4. The van der Waals surface area contributed by atoms with Crippen molar-refractivity contribution in [1.82, 2.24) is 15.5 Å². The van der Waals surface area contributed by atoms with Crippen LogP contribution in [0.15, 0.2) is 0 Å². The third-order valence-electron chi connectivity index (χ3n) is 3.64. The molecule has 2 fully saturated rings. The van der Waals surface area contributed by atoms with E-state index in [0.29, 0.717) is 19.1 Å². The van der Waals surface area contributed by atoms with Gasteiger partial charge < -0.3 is 20.3 Å². The fourth-order valence-corrected chi connectivity index (χ4v) is 2.37. The van der Waals surface area contributed by atoms with Crippen LogP contribution in [0.4, 0.5) is 4.79 Å². The minimum absolute atomic E-state index is 0.0493. The van der Waals surface area contributed by atoms with Gasteiger partial charge in [0.1, 0.15) is 5.60 Å². The zero-order valence-electron chi connectivity index (χ0n) is 13.4. The molecule has 1 saturated carbocycles. The van der Waals surface area contributed by atoms with E-state index >= 15 is 0 Å². The van der Waals surface area contributed by atoms with Gasteiger partial charge in [0, 0.05) is 25.2 Å². The fourth-order valence-electron chi connectivity index (χ4n) is 2.37. The van der Waals surface area contributed by atoms with E-state index in [4.69, 9.17) is 4.74 Å². The molecule has 0 aromatic rings. The quantitative estimate of drug-likeness (QED) is 0.819. The molecule has 120 valence electrons. The maximum atomic E-state index is 12.0. The Kier molecular flexibility index (Phi) is 4.76. The number of nitrogens with one attached hydrogen (secondary N) is 2. The van der Waals surface area contributed by atoms with Crippen molar-refractivity contribution < 1.29 is 14.3 Å². The SMILES string of the molecule is CC(NC1CCN(C(=O)OC(C)(C)C)C1)C(=O)NC1CC1. The van der Waals surface area contributed by atoms with Gasteiger partial charge in [0.05, 0.1) is 6.04 Å². The Hall–Kier alpha value is -1.30. The minimum atomic E-state index is -0.472. The van der Waals surface area contributed by atoms with Gasteiger partial charge in [-0.15, -0.1) is 0 Å². The van der Waals surface area contributed by atoms with E-state index in [-0.39, 0.29) is 24.1 Å². The molecule has 0 aromatic heterocycles. The summed E-state index contributed by atoms with van der Waals surface area (Å²) in [5.74, 6) is 0.0493. The number of ether oxygens (including phenoxy) is 1. The Balaban J connectivity index is 1.74. The summed E-state index contributed by atoms with van der Waals surface area (Å²) in [6.07, 6.45) is 2.75. The molecule has 2 rings (SSSR count). The maximum Gasteiger partial charge on any atom is 0.410 e. The number of carbonyl (C=O) groups excluding carboxylic acids is 2. The van der Waals surface area contributed by atoms with Gasteiger partial charge in [-0.05, 0) is 47.0 Å². The fraction of sp³-hybridized carbons (Fsp3) is 0.867. The van der Waals surface area contributed by atoms with E-state index < -0.39 is 5.60 Å². The molecule has 6 nitrogen and oxygen atoms in total. The standard InChI is InChI=1S/C15H27N3O3/c1-10(13(19)17-11-5-6-11)16-12-7-8-18(9-12)14(20)21-15(2,3)4/h10-12,16H,5-9H2,1-4H3,(H,17,19). The van der Waals surface area contributed by atoms with Crippen LogP contribution in [-0.2, 0) is 9.53 Å². The molecule has 1 heterocycles. The van der Waals surface area contributed by atoms with Crippen LogP contribution in [-0.4, -0.2) is 53.7 Å². The summed E-state index contributed by atoms with van der Waals surface area (Å²) in [4.78, 5) is 25.6. The van der Waals surface area contributed by atoms with Gasteiger partial charge in [0.15, 0.2) is 0 Å². The highest BCUT2D eigenvalue weighted by Crippen LogP contribution is 2.19. The Morgan fingerprint density at radius 1 is 1.19 bits per heavy atom. The van der Waals surface area contributed by atoms with E-state index in [1.807, 2.05) is 27.7 Å². The van der Waals surface area contributed by atoms with E-state index in [1.54, 1.807) is 4.90 Å². The average Bonchev–Trinajstić information content (AvgIpc) is 3.03. The van der Waals surface area contributed by atoms with Crippen LogP contribution in [0.5, 0.6) is 0 Å². The number of hydrogen-bond donors (Lipinski definition) is 2. The van der Waals surface area contributed by atoms with Crippen molar-refractivity contribution in [1.29, 1.82) is 0 Å². The number of amides is 2. The van der Waals surface area contributed by atoms with Crippen molar-refractivity contribution in [3.63, 3.8) is 0 Å². The topological polar surface area (TPSA) is 70.7 Å². The second-order valence-electron chi connectivity index (χ2n) is 7.08. The van der Waals surface area contributed by atoms with Crippen LogP contribution in [0, 0.1) is 0 Å². The van der Waals surface area contributed by atoms with Crippen molar-refractivity contribution in [2.75, 3.05) is 13.1 Å². The molecule has 1 aliphatic carbocycles. The van der Waals surface area contributed by atoms with E-state index in [1.165, 1.54) is 0 Å². The largest absolute Gasteiger partial charge is 0.444 e. The van der Waals surface area contributed by atoms with E-state index in [9.17, 15) is 9.59 Å². The van der Waals surface area contributed by atoms with Gasteiger partial charge in [-0.25, -0.2) is 4.79 Å². The van der Waals surface area contributed by atoms with Crippen molar-refractivity contribution in [2.24, 2.45) is 0 Å². The van der Waals surface area contributed by atoms with Gasteiger partial charge in [-0.2, -0.15) is 0 Å². The molecule has 2 unspecified atom stereocenters. The molecule has 2 atom stereocenters. The molecule has 0 aromatic carbocycles. The van der Waals surface area contributed by atoms with Gasteiger partial charge in [0.25, 0.3) is 0 Å². The molecule has 2 amide bonds. The molecular weight excluding hydrogens is 270 g/mol. The zero-order chi connectivity index (χ0) is 15.6. The Morgan fingerprint density at radius 3 is 2.43 bits per heavy atom. The van der Waals surface area contributed by atoms with Gasteiger partial charge >= 0.3 is 6.09 Å². The van der Waals surface area contributed by atoms with Crippen LogP contribution in [0.3, 0.4) is 0 Å². The summed E-state index contributed by atoms with van der Waals surface area (Å²) in [5.41, 5.74) is -0.472. The number of nitrogens with zero attached hydrogens (tertiary/aromatic N) is 1. The molecule has 1 aliphatic heterocycles. The lowest BCUT2D eigenvalue weighted by Crippen LogP contribution is -2.48. The highest BCUT2D eigenvalue weighted by Gasteiger charge is 2.32. The summed E-state index contributed by atoms with van der Waals surface area (Å²) in [6, 6.07) is 0.301. The summed E-state index contributed by atoms with van der Waals surface area (Å²) >= 11 is 0. The lowest BCUT2D eigenvalue weighted by Gasteiger charge is -2.25. The van der Waals surface area contributed by atoms with Crippen LogP contribution in [0.2, 0.25) is 0 Å². The van der Waals surface area contributed by atoms with Crippen molar-refractivity contribution in [3.05, 3.63) is 0 Å². The third kappa shape index (κ3) is 5.19. The van der Waals surface area contributed by atoms with Crippen LogP contribution in [0.25, 0.3) is 0 Å². The predicted octanol–water partition coefficient (Wildman–Crippen LogP) is 1.25. The van der Waals surface area contributed by atoms with Crippen LogP contribution in [0.1, 0.15) is 47.0 Å². The van der Waals surface area contributed by atoms with Gasteiger partial charge in [0.2, 0.25) is 5.91 Å². The normalized spacial score (nSPS) is 23.8. The highest BCUT2D eigenvalue weighted by atomic mass is 16.6. The second-order valence-corrected chi connectivity index (χ2v) is 7.08. The summed E-state index contributed by atoms with van der Waals surface area (Å²) in [6.45, 7) is 8.72. The maximum absolute atomic E-state index is 12.0. The monoisotopic (exact) mass is 297 g/mol. The minimum Gasteiger partial charge on any atom is -0.444 e. The predicted molar refractivity (Wildman–Crippen MR) is 80.0 cm³/mol. The molecular formula is C15H27N3O3. The lowest BCUT2D eigenvalue weighted by atomic mass is 10.2. The lowest BCUT2D eigenvalue weighted by molar-refractivity contribution is -0.123. The smallest absolute Gasteiger partial charge is 0.410 e. The average molecular weight is 297 g/mol. The van der Waals surface area contributed by atoms with Gasteiger partial charge in [-0.1, -0.05) is 0 Å². The van der Waals surface area contributed by atoms with E-state index in [2.05, 4.69) is 10.6 Å². The van der Waals surface area contributed by atoms with Crippen molar-refractivity contribution in [3.8, 4) is 0 Å². The van der Waals surface area contributed by atoms with Crippen LogP contribution >= 0.6 is 0 Å². The second kappa shape index (κ2) is 6.22. The Morgan fingerprint density at radius 2 is 1.86 bits per heavy atom. The number of carbonyl (C=O) groups is 2. The first-order valence-corrected chi connectivity index (χ1v) is 7.79. The van der Waals surface area contributed by atoms with Crippen LogP contribution < -0.4 is 10.6 Å². The molecule has 0 bridgehead atoms. The Bertz CT molecular complexity index is 401. The third-order valence-corrected chi connectivity index (χ3v) is 3.64. The molecule has 0 radical (unpaired) electrons. The molecule has 1 saturated heterocycles. The Labute approximate surface area is 126 Å². The summed E-state index contributed by atoms with van der Waals surface area (Å²) in [7, 11) is 0. The summed E-state index contributed by atoms with van der Waals surface area (Å²) < 4.78 is 5.36. The van der Waals surface area contributed by atoms with Gasteiger partial charge in [-0.3, -0.25) is 4.79 Å². The molecule has 2 N–H and O–H groups in total. The summed E-state index contributed by atoms with van der Waals surface area (Å²) in [5, 5.41) is 6.28. The first-order chi connectivity index (χ1) is 9.74. The first-order valence-electron chi connectivity index (χ1n) is 7.79. The number of rotatable bonds is 4. The number of hydrogen-bond acceptors (Lipinski definition) is 4. The van der Waals surface area contributed by atoms with E-state index in [0.717, 1.165) is 19.3 Å². The molecule has 2 aliphatic rings. The number of likely N-dealkylation sites (tertiary alicyclic amines) is 1. The molecule has 0 spiro atoms.